The van der Waals surface area contributed by atoms with Crippen LogP contribution in [-0.4, -0.2) is 24.8 Å². The number of fused-ring (bicyclic) bond motifs is 2. The smallest absolute Gasteiger partial charge is 0.121 e. The Balaban J connectivity index is 1.21. The van der Waals surface area contributed by atoms with E-state index in [1.165, 1.54) is 39.9 Å². The number of pyridine rings is 2. The van der Waals surface area contributed by atoms with Gasteiger partial charge in [-0.2, -0.15) is 0 Å². The van der Waals surface area contributed by atoms with Crippen LogP contribution in [0.5, 0.6) is 0 Å². The summed E-state index contributed by atoms with van der Waals surface area (Å²) in [4.78, 5) is 20.4. The van der Waals surface area contributed by atoms with Gasteiger partial charge >= 0.3 is 0 Å². The van der Waals surface area contributed by atoms with Crippen molar-refractivity contribution in [2.24, 2.45) is 0 Å². The summed E-state index contributed by atoms with van der Waals surface area (Å²) in [6, 6.07) is 24.0. The zero-order valence-corrected chi connectivity index (χ0v) is 22.8. The minimum atomic E-state index is 0.270. The molecular formula is C33H36N6. The molecule has 0 saturated heterocycles. The van der Waals surface area contributed by atoms with Gasteiger partial charge in [0.05, 0.1) is 35.0 Å². The maximum atomic E-state index is 4.99. The van der Waals surface area contributed by atoms with Crippen molar-refractivity contribution in [1.82, 2.24) is 30.2 Å². The van der Waals surface area contributed by atoms with E-state index in [9.17, 15) is 0 Å². The van der Waals surface area contributed by atoms with Gasteiger partial charge in [-0.3, -0.25) is 14.9 Å². The lowest BCUT2D eigenvalue weighted by Crippen LogP contribution is -2.31. The van der Waals surface area contributed by atoms with Crippen molar-refractivity contribution >= 4 is 11.0 Å². The first kappa shape index (κ1) is 25.4. The maximum Gasteiger partial charge on any atom is 0.121 e. The van der Waals surface area contributed by atoms with Gasteiger partial charge in [-0.25, -0.2) is 4.98 Å². The highest BCUT2D eigenvalue weighted by molar-refractivity contribution is 5.77. The summed E-state index contributed by atoms with van der Waals surface area (Å²) >= 11 is 0. The number of H-pyrrole nitrogens is 1. The van der Waals surface area contributed by atoms with E-state index in [4.69, 9.17) is 9.97 Å². The number of aromatic nitrogens is 4. The Labute approximate surface area is 230 Å². The van der Waals surface area contributed by atoms with Crippen LogP contribution in [0.2, 0.25) is 0 Å². The van der Waals surface area contributed by atoms with Crippen LogP contribution in [0.3, 0.4) is 0 Å². The molecule has 3 aromatic heterocycles. The van der Waals surface area contributed by atoms with Crippen LogP contribution in [0, 0.1) is 13.8 Å². The van der Waals surface area contributed by atoms with Crippen LogP contribution in [-0.2, 0) is 32.6 Å². The largest absolute Gasteiger partial charge is 0.341 e. The molecule has 0 fully saturated rings. The average molecular weight is 517 g/mol. The first-order valence-corrected chi connectivity index (χ1v) is 13.9. The van der Waals surface area contributed by atoms with E-state index >= 15 is 0 Å². The number of rotatable bonds is 9. The minimum absolute atomic E-state index is 0.270. The molecule has 6 nitrogen and oxygen atoms in total. The molecule has 1 aliphatic rings. The summed E-state index contributed by atoms with van der Waals surface area (Å²) in [6.45, 7) is 7.49. The Morgan fingerprint density at radius 2 is 1.69 bits per heavy atom. The zero-order chi connectivity index (χ0) is 26.6. The molecule has 0 spiro atoms. The number of nitrogens with one attached hydrogen (secondary N) is 2. The van der Waals surface area contributed by atoms with Crippen LogP contribution < -0.4 is 5.32 Å². The van der Waals surface area contributed by atoms with Crippen molar-refractivity contribution in [3.63, 3.8) is 0 Å². The fourth-order valence-electron chi connectivity index (χ4n) is 5.64. The van der Waals surface area contributed by atoms with Gasteiger partial charge in [0.25, 0.3) is 0 Å². The summed E-state index contributed by atoms with van der Waals surface area (Å²) in [5.41, 5.74) is 10.9. The fraction of sp³-hybridized carbons (Fsp3) is 0.303. The SMILES string of the molecule is Cc1cc2nc(CN(Cc3ccc(CNCc4ccccn4)cc3)C3CCCc4cccnc43)[nH]c2cc1C. The molecule has 0 saturated carbocycles. The van der Waals surface area contributed by atoms with Crippen LogP contribution in [0.1, 0.15) is 63.9 Å². The van der Waals surface area contributed by atoms with Gasteiger partial charge in [0.2, 0.25) is 0 Å². The number of benzene rings is 2. The molecule has 39 heavy (non-hydrogen) atoms. The molecule has 1 aliphatic carbocycles. The molecule has 2 N–H and O–H groups in total. The molecule has 0 bridgehead atoms. The van der Waals surface area contributed by atoms with Crippen molar-refractivity contribution in [2.45, 2.75) is 65.3 Å². The van der Waals surface area contributed by atoms with E-state index in [0.29, 0.717) is 0 Å². The van der Waals surface area contributed by atoms with Crippen LogP contribution in [0.25, 0.3) is 11.0 Å². The van der Waals surface area contributed by atoms with E-state index in [1.807, 2.05) is 30.6 Å². The van der Waals surface area contributed by atoms with Gasteiger partial charge in [0.15, 0.2) is 0 Å². The van der Waals surface area contributed by atoms with E-state index in [0.717, 1.165) is 61.6 Å². The van der Waals surface area contributed by atoms with Crippen LogP contribution in [0.15, 0.2) is 79.1 Å². The highest BCUT2D eigenvalue weighted by atomic mass is 15.2. The Morgan fingerprint density at radius 1 is 0.872 bits per heavy atom. The Morgan fingerprint density at radius 3 is 2.54 bits per heavy atom. The van der Waals surface area contributed by atoms with Gasteiger partial charge in [-0.05, 0) is 91.3 Å². The lowest BCUT2D eigenvalue weighted by Gasteiger charge is -2.34. The molecular weight excluding hydrogens is 480 g/mol. The first-order valence-electron chi connectivity index (χ1n) is 13.9. The molecule has 0 amide bonds. The molecule has 0 radical (unpaired) electrons. The average Bonchev–Trinajstić information content (AvgIpc) is 3.35. The van der Waals surface area contributed by atoms with Gasteiger partial charge in [0, 0.05) is 32.0 Å². The third-order valence-electron chi connectivity index (χ3n) is 7.88. The van der Waals surface area contributed by atoms with Crippen LogP contribution >= 0.6 is 0 Å². The summed E-state index contributed by atoms with van der Waals surface area (Å²) in [5, 5.41) is 3.50. The van der Waals surface area contributed by atoms with Gasteiger partial charge < -0.3 is 10.3 Å². The minimum Gasteiger partial charge on any atom is -0.341 e. The van der Waals surface area contributed by atoms with Gasteiger partial charge in [-0.1, -0.05) is 36.4 Å². The predicted molar refractivity (Wildman–Crippen MR) is 156 cm³/mol. The Hall–Kier alpha value is -3.87. The van der Waals surface area contributed by atoms with Crippen molar-refractivity contribution < 1.29 is 0 Å². The normalized spacial score (nSPS) is 15.1. The van der Waals surface area contributed by atoms with E-state index in [-0.39, 0.29) is 6.04 Å². The summed E-state index contributed by atoms with van der Waals surface area (Å²) < 4.78 is 0. The highest BCUT2D eigenvalue weighted by Crippen LogP contribution is 2.35. The third-order valence-corrected chi connectivity index (χ3v) is 7.88. The number of imidazole rings is 1. The summed E-state index contributed by atoms with van der Waals surface area (Å²) in [5.74, 6) is 1.01. The molecule has 5 aromatic rings. The monoisotopic (exact) mass is 516 g/mol. The summed E-state index contributed by atoms with van der Waals surface area (Å²) in [6.07, 6.45) is 7.17. The highest BCUT2D eigenvalue weighted by Gasteiger charge is 2.28. The van der Waals surface area contributed by atoms with E-state index in [1.54, 1.807) is 0 Å². The summed E-state index contributed by atoms with van der Waals surface area (Å²) in [7, 11) is 0. The van der Waals surface area contributed by atoms with Crippen molar-refractivity contribution in [3.8, 4) is 0 Å². The molecule has 198 valence electrons. The molecule has 1 atom stereocenters. The second-order valence-electron chi connectivity index (χ2n) is 10.7. The second-order valence-corrected chi connectivity index (χ2v) is 10.7. The molecule has 3 heterocycles. The molecule has 1 unspecified atom stereocenters. The number of hydrogen-bond acceptors (Lipinski definition) is 5. The Bertz CT molecular complexity index is 1500. The van der Waals surface area contributed by atoms with Gasteiger partial charge in [0.1, 0.15) is 5.82 Å². The van der Waals surface area contributed by atoms with E-state index in [2.05, 4.69) is 82.6 Å². The zero-order valence-electron chi connectivity index (χ0n) is 22.8. The topological polar surface area (TPSA) is 69.7 Å². The second kappa shape index (κ2) is 11.5. The first-order chi connectivity index (χ1) is 19.1. The predicted octanol–water partition coefficient (Wildman–Crippen LogP) is 6.34. The molecule has 6 rings (SSSR count). The lowest BCUT2D eigenvalue weighted by molar-refractivity contribution is 0.153. The number of aryl methyl sites for hydroxylation is 3. The Kier molecular flexibility index (Phi) is 7.48. The molecule has 2 aromatic carbocycles. The maximum absolute atomic E-state index is 4.99. The third kappa shape index (κ3) is 5.92. The van der Waals surface area contributed by atoms with Gasteiger partial charge in [-0.15, -0.1) is 0 Å². The number of hydrogen-bond donors (Lipinski definition) is 2. The fourth-order valence-corrected chi connectivity index (χ4v) is 5.64. The molecule has 0 aliphatic heterocycles. The van der Waals surface area contributed by atoms with Crippen molar-refractivity contribution in [3.05, 3.63) is 124 Å². The quantitative estimate of drug-likeness (QED) is 0.239. The van der Waals surface area contributed by atoms with Crippen LogP contribution in [0.4, 0.5) is 0 Å². The standard InChI is InChI=1S/C33H36N6/c1-23-17-29-30(18-24(23)2)38-32(37-29)22-39(31-10-5-7-27-8-6-16-36-33(27)31)21-26-13-11-25(12-14-26)19-34-20-28-9-3-4-15-35-28/h3-4,6,8-9,11-18,31,34H,5,7,10,19-22H2,1-2H3,(H,37,38). The van der Waals surface area contributed by atoms with Crippen molar-refractivity contribution in [2.75, 3.05) is 0 Å². The molecule has 6 heteroatoms. The number of nitrogens with zero attached hydrogens (tertiary/aromatic N) is 4. The number of aromatic amines is 1. The van der Waals surface area contributed by atoms with Crippen molar-refractivity contribution in [1.29, 1.82) is 0 Å². The van der Waals surface area contributed by atoms with E-state index < -0.39 is 0 Å². The lowest BCUT2D eigenvalue weighted by atomic mass is 9.90.